The molecule has 1 aliphatic rings. The molecule has 0 radical (unpaired) electrons. The van der Waals surface area contributed by atoms with E-state index in [0.717, 1.165) is 29.5 Å². The molecule has 0 N–H and O–H groups in total. The largest absolute Gasteiger partial charge is 0.370 e. The van der Waals surface area contributed by atoms with Crippen LogP contribution in [0.1, 0.15) is 49.3 Å². The first kappa shape index (κ1) is 12.6. The third-order valence-electron chi connectivity index (χ3n) is 3.82. The van der Waals surface area contributed by atoms with E-state index in [1.54, 1.807) is 6.07 Å². The molecule has 1 nitrogen and oxygen atoms in total. The second-order valence-electron chi connectivity index (χ2n) is 5.22. The Hall–Kier alpha value is -0.890. The highest BCUT2D eigenvalue weighted by molar-refractivity contribution is 5.33. The normalized spacial score (nSPS) is 24.8. The summed E-state index contributed by atoms with van der Waals surface area (Å²) < 4.78 is 19.4. The molecule has 0 saturated carbocycles. The van der Waals surface area contributed by atoms with Crippen molar-refractivity contribution in [1.82, 2.24) is 0 Å². The van der Waals surface area contributed by atoms with Gasteiger partial charge >= 0.3 is 0 Å². The van der Waals surface area contributed by atoms with Crippen LogP contribution in [-0.2, 0) is 4.74 Å². The summed E-state index contributed by atoms with van der Waals surface area (Å²) in [5.74, 6) is 0.158. The lowest BCUT2D eigenvalue weighted by molar-refractivity contribution is 0.352. The Bertz CT molecular complexity index is 414. The summed E-state index contributed by atoms with van der Waals surface area (Å²) in [5.41, 5.74) is 3.02. The van der Waals surface area contributed by atoms with Gasteiger partial charge < -0.3 is 4.74 Å². The molecule has 0 amide bonds. The van der Waals surface area contributed by atoms with Crippen molar-refractivity contribution in [3.63, 3.8) is 0 Å². The maximum absolute atomic E-state index is 13.9. The van der Waals surface area contributed by atoms with Gasteiger partial charge in [-0.3, -0.25) is 0 Å². The minimum Gasteiger partial charge on any atom is -0.370 e. The Morgan fingerprint density at radius 1 is 1.24 bits per heavy atom. The van der Waals surface area contributed by atoms with Crippen LogP contribution in [0.25, 0.3) is 0 Å². The van der Waals surface area contributed by atoms with E-state index < -0.39 is 0 Å². The average Bonchev–Trinajstić information content (AvgIpc) is 3.01. The van der Waals surface area contributed by atoms with Gasteiger partial charge in [0, 0.05) is 0 Å². The SMILES string of the molecule is CCC1OC1CC(C)c1cc(C)c(C)cc1F. The first-order valence-corrected chi connectivity index (χ1v) is 6.45. The maximum atomic E-state index is 13.9. The standard InChI is InChI=1S/C15H21FO/c1-5-14-15(17-14)8-11(4)12-6-9(2)10(3)7-13(12)16/h6-7,11,14-15H,5,8H2,1-4H3. The summed E-state index contributed by atoms with van der Waals surface area (Å²) in [7, 11) is 0. The highest BCUT2D eigenvalue weighted by Gasteiger charge is 2.38. The van der Waals surface area contributed by atoms with Gasteiger partial charge in [-0.25, -0.2) is 4.39 Å². The molecule has 2 heteroatoms. The van der Waals surface area contributed by atoms with E-state index in [4.69, 9.17) is 4.74 Å². The van der Waals surface area contributed by atoms with Crippen LogP contribution in [0.4, 0.5) is 4.39 Å². The van der Waals surface area contributed by atoms with E-state index in [-0.39, 0.29) is 11.7 Å². The van der Waals surface area contributed by atoms with Crippen molar-refractivity contribution in [3.05, 3.63) is 34.6 Å². The minimum absolute atomic E-state index is 0.0747. The summed E-state index contributed by atoms with van der Waals surface area (Å²) in [6.45, 7) is 8.20. The van der Waals surface area contributed by atoms with Crippen molar-refractivity contribution in [3.8, 4) is 0 Å². The van der Waals surface area contributed by atoms with Crippen LogP contribution in [0.15, 0.2) is 12.1 Å². The molecule has 1 fully saturated rings. The fraction of sp³-hybridized carbons (Fsp3) is 0.600. The zero-order chi connectivity index (χ0) is 12.6. The van der Waals surface area contributed by atoms with Crippen molar-refractivity contribution in [2.75, 3.05) is 0 Å². The van der Waals surface area contributed by atoms with E-state index in [0.29, 0.717) is 12.2 Å². The third kappa shape index (κ3) is 2.68. The molecule has 1 heterocycles. The van der Waals surface area contributed by atoms with E-state index in [9.17, 15) is 4.39 Å². The van der Waals surface area contributed by atoms with Crippen molar-refractivity contribution in [2.24, 2.45) is 0 Å². The van der Waals surface area contributed by atoms with E-state index in [1.807, 2.05) is 19.9 Å². The topological polar surface area (TPSA) is 12.5 Å². The lowest BCUT2D eigenvalue weighted by Crippen LogP contribution is -2.04. The monoisotopic (exact) mass is 236 g/mol. The van der Waals surface area contributed by atoms with Crippen molar-refractivity contribution in [1.29, 1.82) is 0 Å². The average molecular weight is 236 g/mol. The molecule has 1 saturated heterocycles. The second-order valence-corrected chi connectivity index (χ2v) is 5.22. The van der Waals surface area contributed by atoms with Crippen LogP contribution in [0.5, 0.6) is 0 Å². The van der Waals surface area contributed by atoms with Crippen LogP contribution in [0.2, 0.25) is 0 Å². The Morgan fingerprint density at radius 3 is 2.47 bits per heavy atom. The first-order valence-electron chi connectivity index (χ1n) is 6.45. The van der Waals surface area contributed by atoms with Gasteiger partial charge in [-0.15, -0.1) is 0 Å². The molecule has 1 aromatic carbocycles. The van der Waals surface area contributed by atoms with Crippen LogP contribution >= 0.6 is 0 Å². The molecule has 94 valence electrons. The molecule has 0 aromatic heterocycles. The maximum Gasteiger partial charge on any atom is 0.126 e. The van der Waals surface area contributed by atoms with Gasteiger partial charge in [-0.05, 0) is 55.4 Å². The van der Waals surface area contributed by atoms with E-state index >= 15 is 0 Å². The smallest absolute Gasteiger partial charge is 0.126 e. The molecular formula is C15H21FO. The Kier molecular flexibility index (Phi) is 3.53. The summed E-state index contributed by atoms with van der Waals surface area (Å²) in [6, 6.07) is 3.63. The molecular weight excluding hydrogens is 215 g/mol. The molecule has 3 atom stereocenters. The highest BCUT2D eigenvalue weighted by atomic mass is 19.1. The summed E-state index contributed by atoms with van der Waals surface area (Å²) in [5, 5.41) is 0. The molecule has 0 spiro atoms. The van der Waals surface area contributed by atoms with Gasteiger partial charge in [0.1, 0.15) is 5.82 Å². The molecule has 1 aliphatic heterocycles. The number of benzene rings is 1. The van der Waals surface area contributed by atoms with Crippen LogP contribution < -0.4 is 0 Å². The minimum atomic E-state index is -0.0747. The fourth-order valence-electron chi connectivity index (χ4n) is 2.40. The number of hydrogen-bond acceptors (Lipinski definition) is 1. The molecule has 0 aliphatic carbocycles. The first-order chi connectivity index (χ1) is 8.02. The number of ether oxygens (including phenoxy) is 1. The van der Waals surface area contributed by atoms with Crippen LogP contribution in [-0.4, -0.2) is 12.2 Å². The summed E-state index contributed by atoms with van der Waals surface area (Å²) >= 11 is 0. The molecule has 2 rings (SSSR count). The molecule has 0 bridgehead atoms. The zero-order valence-electron chi connectivity index (χ0n) is 11.1. The van der Waals surface area contributed by atoms with Gasteiger partial charge in [0.05, 0.1) is 12.2 Å². The predicted molar refractivity (Wildman–Crippen MR) is 67.9 cm³/mol. The van der Waals surface area contributed by atoms with Gasteiger partial charge in [-0.1, -0.05) is 19.9 Å². The van der Waals surface area contributed by atoms with Crippen molar-refractivity contribution in [2.45, 2.75) is 58.7 Å². The highest BCUT2D eigenvalue weighted by Crippen LogP contribution is 2.35. The lowest BCUT2D eigenvalue weighted by atomic mass is 9.92. The zero-order valence-corrected chi connectivity index (χ0v) is 11.1. The van der Waals surface area contributed by atoms with Gasteiger partial charge in [0.2, 0.25) is 0 Å². The van der Waals surface area contributed by atoms with Gasteiger partial charge in [0.15, 0.2) is 0 Å². The lowest BCUT2D eigenvalue weighted by Gasteiger charge is -2.13. The molecule has 3 unspecified atom stereocenters. The van der Waals surface area contributed by atoms with E-state index in [2.05, 4.69) is 13.8 Å². The number of aryl methyl sites for hydroxylation is 2. The Balaban J connectivity index is 2.08. The van der Waals surface area contributed by atoms with Crippen molar-refractivity contribution >= 4 is 0 Å². The van der Waals surface area contributed by atoms with Gasteiger partial charge in [0.25, 0.3) is 0 Å². The number of hydrogen-bond donors (Lipinski definition) is 0. The number of epoxide rings is 1. The van der Waals surface area contributed by atoms with Gasteiger partial charge in [-0.2, -0.15) is 0 Å². The molecule has 1 aromatic rings. The second kappa shape index (κ2) is 4.77. The van der Waals surface area contributed by atoms with Crippen LogP contribution in [0.3, 0.4) is 0 Å². The van der Waals surface area contributed by atoms with Crippen molar-refractivity contribution < 1.29 is 9.13 Å². The number of rotatable bonds is 4. The molecule has 17 heavy (non-hydrogen) atoms. The van der Waals surface area contributed by atoms with E-state index in [1.165, 1.54) is 0 Å². The third-order valence-corrected chi connectivity index (χ3v) is 3.82. The fourth-order valence-corrected chi connectivity index (χ4v) is 2.40. The summed E-state index contributed by atoms with van der Waals surface area (Å²) in [4.78, 5) is 0. The summed E-state index contributed by atoms with van der Waals surface area (Å²) in [6.07, 6.45) is 2.74. The number of halogens is 1. The quantitative estimate of drug-likeness (QED) is 0.717. The Morgan fingerprint density at radius 2 is 1.88 bits per heavy atom. The predicted octanol–water partition coefficient (Wildman–Crippen LogP) is 4.11. The van der Waals surface area contributed by atoms with Crippen LogP contribution in [0, 0.1) is 19.7 Å². The Labute approximate surface area is 103 Å².